The van der Waals surface area contributed by atoms with Crippen molar-refractivity contribution in [3.8, 4) is 0 Å². The van der Waals surface area contributed by atoms with Crippen LogP contribution in [-0.4, -0.2) is 31.1 Å². The van der Waals surface area contributed by atoms with Crippen molar-refractivity contribution in [3.05, 3.63) is 35.9 Å². The predicted octanol–water partition coefficient (Wildman–Crippen LogP) is 3.53. The summed E-state index contributed by atoms with van der Waals surface area (Å²) in [6, 6.07) is 11.4. The van der Waals surface area contributed by atoms with Crippen LogP contribution in [0.2, 0.25) is 0 Å². The monoisotopic (exact) mass is 262 g/mol. The maximum absolute atomic E-state index is 3.59. The molecule has 108 valence electrons. The zero-order valence-corrected chi connectivity index (χ0v) is 13.0. The summed E-state index contributed by atoms with van der Waals surface area (Å²) in [5.41, 5.74) is 1.40. The Kier molecular flexibility index (Phi) is 7.76. The van der Waals surface area contributed by atoms with Crippen molar-refractivity contribution >= 4 is 0 Å². The van der Waals surface area contributed by atoms with Crippen LogP contribution in [0.3, 0.4) is 0 Å². The molecule has 1 rings (SSSR count). The van der Waals surface area contributed by atoms with Gasteiger partial charge >= 0.3 is 0 Å². The molecule has 0 bridgehead atoms. The first kappa shape index (κ1) is 16.2. The van der Waals surface area contributed by atoms with Gasteiger partial charge in [-0.25, -0.2) is 0 Å². The lowest BCUT2D eigenvalue weighted by molar-refractivity contribution is 0.213. The maximum atomic E-state index is 3.59. The third-order valence-electron chi connectivity index (χ3n) is 3.45. The minimum atomic E-state index is 0.629. The van der Waals surface area contributed by atoms with Crippen LogP contribution in [-0.2, 0) is 6.54 Å². The van der Waals surface area contributed by atoms with Gasteiger partial charge < -0.3 is 5.32 Å². The summed E-state index contributed by atoms with van der Waals surface area (Å²) < 4.78 is 0. The van der Waals surface area contributed by atoms with Crippen molar-refractivity contribution < 1.29 is 0 Å². The molecule has 1 atom stereocenters. The van der Waals surface area contributed by atoms with E-state index in [-0.39, 0.29) is 0 Å². The summed E-state index contributed by atoms with van der Waals surface area (Å²) in [7, 11) is 2.24. The molecule has 0 aliphatic carbocycles. The van der Waals surface area contributed by atoms with Gasteiger partial charge in [0, 0.05) is 19.1 Å². The van der Waals surface area contributed by atoms with E-state index in [2.05, 4.69) is 68.4 Å². The van der Waals surface area contributed by atoms with Crippen LogP contribution >= 0.6 is 0 Å². The first-order valence-corrected chi connectivity index (χ1v) is 7.58. The van der Waals surface area contributed by atoms with E-state index in [4.69, 9.17) is 0 Å². The van der Waals surface area contributed by atoms with Crippen molar-refractivity contribution in [2.45, 2.75) is 46.2 Å². The highest BCUT2D eigenvalue weighted by molar-refractivity contribution is 5.14. The summed E-state index contributed by atoms with van der Waals surface area (Å²) in [4.78, 5) is 2.48. The molecule has 0 aromatic heterocycles. The Bertz CT molecular complexity index is 321. The van der Waals surface area contributed by atoms with E-state index in [0.717, 1.165) is 25.6 Å². The van der Waals surface area contributed by atoms with Crippen LogP contribution in [0.25, 0.3) is 0 Å². The topological polar surface area (TPSA) is 15.3 Å². The Labute approximate surface area is 119 Å². The summed E-state index contributed by atoms with van der Waals surface area (Å²) >= 11 is 0. The Morgan fingerprint density at radius 3 is 2.37 bits per heavy atom. The van der Waals surface area contributed by atoms with Crippen molar-refractivity contribution in [1.82, 2.24) is 10.2 Å². The zero-order chi connectivity index (χ0) is 14.1. The summed E-state index contributed by atoms with van der Waals surface area (Å²) in [6.45, 7) is 10.0. The molecule has 0 saturated carbocycles. The molecule has 2 nitrogen and oxygen atoms in total. The van der Waals surface area contributed by atoms with Crippen molar-refractivity contribution in [1.29, 1.82) is 0 Å². The first-order chi connectivity index (χ1) is 9.13. The van der Waals surface area contributed by atoms with Gasteiger partial charge in [0.15, 0.2) is 0 Å². The summed E-state index contributed by atoms with van der Waals surface area (Å²) in [5.74, 6) is 0.724. The average molecular weight is 262 g/mol. The molecular weight excluding hydrogens is 232 g/mol. The number of benzene rings is 1. The second-order valence-corrected chi connectivity index (χ2v) is 5.90. The minimum absolute atomic E-state index is 0.629. The molecule has 19 heavy (non-hydrogen) atoms. The van der Waals surface area contributed by atoms with Crippen LogP contribution in [0, 0.1) is 5.92 Å². The molecule has 0 amide bonds. The van der Waals surface area contributed by atoms with Gasteiger partial charge in [-0.15, -0.1) is 0 Å². The van der Waals surface area contributed by atoms with Gasteiger partial charge in [-0.2, -0.15) is 0 Å². The lowest BCUT2D eigenvalue weighted by Crippen LogP contribution is -2.40. The van der Waals surface area contributed by atoms with Gasteiger partial charge in [0.1, 0.15) is 0 Å². The van der Waals surface area contributed by atoms with Crippen molar-refractivity contribution in [2.75, 3.05) is 20.1 Å². The molecular formula is C17H30N2. The van der Waals surface area contributed by atoms with E-state index in [9.17, 15) is 0 Å². The fourth-order valence-electron chi connectivity index (χ4n) is 2.35. The first-order valence-electron chi connectivity index (χ1n) is 7.58. The van der Waals surface area contributed by atoms with Crippen LogP contribution in [0.4, 0.5) is 0 Å². The Hall–Kier alpha value is -0.860. The second-order valence-electron chi connectivity index (χ2n) is 5.90. The van der Waals surface area contributed by atoms with E-state index in [1.165, 1.54) is 18.4 Å². The standard InChI is InChI=1S/C17H30N2/c1-5-9-17(13-18-12-15(2)3)19(4)14-16-10-7-6-8-11-16/h6-8,10-11,15,17-18H,5,9,12-14H2,1-4H3. The molecule has 1 aromatic rings. The van der Waals surface area contributed by atoms with Crippen LogP contribution in [0.15, 0.2) is 30.3 Å². The Morgan fingerprint density at radius 2 is 1.79 bits per heavy atom. The molecule has 1 unspecified atom stereocenters. The molecule has 0 aliphatic heterocycles. The number of rotatable bonds is 9. The molecule has 0 spiro atoms. The van der Waals surface area contributed by atoms with Crippen LogP contribution < -0.4 is 5.32 Å². The van der Waals surface area contributed by atoms with Gasteiger partial charge in [-0.1, -0.05) is 57.5 Å². The van der Waals surface area contributed by atoms with E-state index in [1.54, 1.807) is 0 Å². The maximum Gasteiger partial charge on any atom is 0.0234 e. The van der Waals surface area contributed by atoms with Gasteiger partial charge in [-0.3, -0.25) is 4.90 Å². The number of hydrogen-bond acceptors (Lipinski definition) is 2. The average Bonchev–Trinajstić information content (AvgIpc) is 2.38. The van der Waals surface area contributed by atoms with Crippen molar-refractivity contribution in [3.63, 3.8) is 0 Å². The Balaban J connectivity index is 2.45. The third kappa shape index (κ3) is 6.74. The molecule has 1 aromatic carbocycles. The zero-order valence-electron chi connectivity index (χ0n) is 13.0. The smallest absolute Gasteiger partial charge is 0.0234 e. The molecule has 0 saturated heterocycles. The van der Waals surface area contributed by atoms with Crippen LogP contribution in [0.1, 0.15) is 39.2 Å². The van der Waals surface area contributed by atoms with E-state index >= 15 is 0 Å². The number of nitrogens with one attached hydrogen (secondary N) is 1. The predicted molar refractivity (Wildman–Crippen MR) is 84.3 cm³/mol. The lowest BCUT2D eigenvalue weighted by Gasteiger charge is -2.28. The molecule has 1 N–H and O–H groups in total. The van der Waals surface area contributed by atoms with Crippen LogP contribution in [0.5, 0.6) is 0 Å². The molecule has 2 heteroatoms. The van der Waals surface area contributed by atoms with E-state index in [0.29, 0.717) is 6.04 Å². The molecule has 0 fully saturated rings. The van der Waals surface area contributed by atoms with Gasteiger partial charge in [0.2, 0.25) is 0 Å². The molecule has 0 aliphatic rings. The minimum Gasteiger partial charge on any atom is -0.315 e. The SMILES string of the molecule is CCCC(CNCC(C)C)N(C)Cc1ccccc1. The van der Waals surface area contributed by atoms with E-state index in [1.807, 2.05) is 0 Å². The van der Waals surface area contributed by atoms with Gasteiger partial charge in [0.05, 0.1) is 0 Å². The van der Waals surface area contributed by atoms with Gasteiger partial charge in [0.25, 0.3) is 0 Å². The highest BCUT2D eigenvalue weighted by Crippen LogP contribution is 2.10. The highest BCUT2D eigenvalue weighted by Gasteiger charge is 2.13. The fourth-order valence-corrected chi connectivity index (χ4v) is 2.35. The summed E-state index contributed by atoms with van der Waals surface area (Å²) in [5, 5.41) is 3.59. The largest absolute Gasteiger partial charge is 0.315 e. The van der Waals surface area contributed by atoms with E-state index < -0.39 is 0 Å². The van der Waals surface area contributed by atoms with Crippen molar-refractivity contribution in [2.24, 2.45) is 5.92 Å². The highest BCUT2D eigenvalue weighted by atomic mass is 15.1. The fraction of sp³-hybridized carbons (Fsp3) is 0.647. The number of nitrogens with zero attached hydrogens (tertiary/aromatic N) is 1. The number of likely N-dealkylation sites (N-methyl/N-ethyl adjacent to an activating group) is 1. The second kappa shape index (κ2) is 9.11. The molecule has 0 heterocycles. The lowest BCUT2D eigenvalue weighted by atomic mass is 10.1. The molecule has 0 radical (unpaired) electrons. The quantitative estimate of drug-likeness (QED) is 0.732. The third-order valence-corrected chi connectivity index (χ3v) is 3.45. The van der Waals surface area contributed by atoms with Gasteiger partial charge in [-0.05, 0) is 31.5 Å². The normalized spacial score (nSPS) is 13.2. The Morgan fingerprint density at radius 1 is 1.11 bits per heavy atom. The number of hydrogen-bond donors (Lipinski definition) is 1. The summed E-state index contributed by atoms with van der Waals surface area (Å²) in [6.07, 6.45) is 2.50.